The van der Waals surface area contributed by atoms with E-state index in [1.165, 1.54) is 32.5 Å². The number of hydrogen-bond acceptors (Lipinski definition) is 3. The van der Waals surface area contributed by atoms with E-state index < -0.39 is 0 Å². The number of nitrogens with zero attached hydrogens (tertiary/aromatic N) is 2. The molecule has 20 heavy (non-hydrogen) atoms. The van der Waals surface area contributed by atoms with Gasteiger partial charge in [-0.05, 0) is 45.7 Å². The van der Waals surface area contributed by atoms with Gasteiger partial charge in [0.05, 0.1) is 5.60 Å². The van der Waals surface area contributed by atoms with Crippen LogP contribution in [0.1, 0.15) is 33.6 Å². The fraction of sp³-hybridized carbons (Fsp3) is 0.933. The highest BCUT2D eigenvalue weighted by molar-refractivity contribution is 5.79. The Morgan fingerprint density at radius 3 is 2.50 bits per heavy atom. The summed E-state index contributed by atoms with van der Waals surface area (Å²) in [6.45, 7) is 11.8. The number of hydrogen-bond donors (Lipinski definition) is 2. The van der Waals surface area contributed by atoms with E-state index in [1.807, 2.05) is 0 Å². The summed E-state index contributed by atoms with van der Waals surface area (Å²) >= 11 is 0. The number of ether oxygens (including phenoxy) is 1. The quantitative estimate of drug-likeness (QED) is 0.547. The minimum absolute atomic E-state index is 0.182. The maximum Gasteiger partial charge on any atom is 0.191 e. The number of aliphatic imine (C=N–C) groups is 1. The topological polar surface area (TPSA) is 48.9 Å². The van der Waals surface area contributed by atoms with Crippen LogP contribution < -0.4 is 10.6 Å². The minimum atomic E-state index is -0.182. The molecule has 5 nitrogen and oxygen atoms in total. The van der Waals surface area contributed by atoms with E-state index in [-0.39, 0.29) is 5.60 Å². The number of methoxy groups -OCH3 is 1. The van der Waals surface area contributed by atoms with Crippen LogP contribution in [0.15, 0.2) is 4.99 Å². The molecule has 0 amide bonds. The summed E-state index contributed by atoms with van der Waals surface area (Å²) in [5.74, 6) is 1.48. The summed E-state index contributed by atoms with van der Waals surface area (Å²) < 4.78 is 5.39. The van der Waals surface area contributed by atoms with Gasteiger partial charge in [-0.1, -0.05) is 6.92 Å². The average Bonchev–Trinajstić information content (AvgIpc) is 2.91. The third kappa shape index (κ3) is 6.57. The lowest BCUT2D eigenvalue weighted by atomic mass is 10.1. The molecule has 1 fully saturated rings. The maximum absolute atomic E-state index is 5.39. The molecule has 0 aromatic carbocycles. The van der Waals surface area contributed by atoms with Crippen LogP contribution in [-0.4, -0.2) is 63.3 Å². The molecule has 118 valence electrons. The standard InChI is InChI=1S/C15H32N4O/c1-13(11-19-8-6-7-9-19)10-17-14(16-4)18-12-15(2,3)20-5/h13H,6-12H2,1-5H3,(H2,16,17,18). The van der Waals surface area contributed by atoms with Crippen LogP contribution in [0.3, 0.4) is 0 Å². The molecular weight excluding hydrogens is 252 g/mol. The zero-order valence-corrected chi connectivity index (χ0v) is 13.8. The van der Waals surface area contributed by atoms with Crippen LogP contribution in [0, 0.1) is 5.92 Å². The van der Waals surface area contributed by atoms with Gasteiger partial charge < -0.3 is 20.3 Å². The second-order valence-corrected chi connectivity index (χ2v) is 6.38. The van der Waals surface area contributed by atoms with Crippen molar-refractivity contribution in [3.63, 3.8) is 0 Å². The molecule has 0 aromatic heterocycles. The zero-order chi connectivity index (χ0) is 15.0. The lowest BCUT2D eigenvalue weighted by Crippen LogP contribution is -2.46. The van der Waals surface area contributed by atoms with Crippen molar-refractivity contribution >= 4 is 5.96 Å². The summed E-state index contributed by atoms with van der Waals surface area (Å²) in [4.78, 5) is 6.81. The van der Waals surface area contributed by atoms with Gasteiger partial charge in [0.25, 0.3) is 0 Å². The monoisotopic (exact) mass is 284 g/mol. The second kappa shape index (κ2) is 8.47. The van der Waals surface area contributed by atoms with Gasteiger partial charge in [-0.15, -0.1) is 0 Å². The summed E-state index contributed by atoms with van der Waals surface area (Å²) in [6.07, 6.45) is 2.71. The van der Waals surface area contributed by atoms with Gasteiger partial charge in [-0.25, -0.2) is 0 Å². The number of rotatable bonds is 7. The molecule has 1 unspecified atom stereocenters. The first kappa shape index (κ1) is 17.2. The molecule has 1 heterocycles. The van der Waals surface area contributed by atoms with Gasteiger partial charge in [0.1, 0.15) is 0 Å². The van der Waals surface area contributed by atoms with Crippen LogP contribution >= 0.6 is 0 Å². The highest BCUT2D eigenvalue weighted by Crippen LogP contribution is 2.09. The van der Waals surface area contributed by atoms with Crippen LogP contribution in [-0.2, 0) is 4.74 Å². The van der Waals surface area contributed by atoms with Crippen molar-refractivity contribution in [3.05, 3.63) is 0 Å². The van der Waals surface area contributed by atoms with E-state index in [2.05, 4.69) is 41.3 Å². The highest BCUT2D eigenvalue weighted by Gasteiger charge is 2.17. The average molecular weight is 284 g/mol. The predicted octanol–water partition coefficient (Wildman–Crippen LogP) is 1.31. The van der Waals surface area contributed by atoms with E-state index in [1.54, 1.807) is 14.2 Å². The molecule has 0 saturated carbocycles. The van der Waals surface area contributed by atoms with Crippen molar-refractivity contribution in [2.24, 2.45) is 10.9 Å². The van der Waals surface area contributed by atoms with Crippen LogP contribution in [0.25, 0.3) is 0 Å². The number of likely N-dealkylation sites (tertiary alicyclic amines) is 1. The van der Waals surface area contributed by atoms with Gasteiger partial charge in [0, 0.05) is 33.8 Å². The minimum Gasteiger partial charge on any atom is -0.377 e. The number of nitrogens with one attached hydrogen (secondary N) is 2. The molecule has 2 N–H and O–H groups in total. The van der Waals surface area contributed by atoms with Crippen molar-refractivity contribution in [1.29, 1.82) is 0 Å². The summed E-state index contributed by atoms with van der Waals surface area (Å²) in [6, 6.07) is 0. The van der Waals surface area contributed by atoms with Gasteiger partial charge in [-0.2, -0.15) is 0 Å². The molecule has 1 aliphatic rings. The molecule has 1 aliphatic heterocycles. The molecule has 0 bridgehead atoms. The lowest BCUT2D eigenvalue weighted by molar-refractivity contribution is 0.0268. The Balaban J connectivity index is 2.23. The van der Waals surface area contributed by atoms with Crippen molar-refractivity contribution in [2.75, 3.05) is 46.9 Å². The van der Waals surface area contributed by atoms with E-state index in [0.29, 0.717) is 5.92 Å². The predicted molar refractivity (Wildman–Crippen MR) is 85.3 cm³/mol. The van der Waals surface area contributed by atoms with E-state index in [0.717, 1.165) is 19.0 Å². The lowest BCUT2D eigenvalue weighted by Gasteiger charge is -2.25. The Hall–Kier alpha value is -0.810. The third-order valence-corrected chi connectivity index (χ3v) is 3.84. The molecule has 1 atom stereocenters. The first-order valence-corrected chi connectivity index (χ1v) is 7.69. The van der Waals surface area contributed by atoms with Crippen molar-refractivity contribution in [2.45, 2.75) is 39.2 Å². The van der Waals surface area contributed by atoms with Crippen molar-refractivity contribution in [3.8, 4) is 0 Å². The largest absolute Gasteiger partial charge is 0.377 e. The first-order valence-electron chi connectivity index (χ1n) is 7.69. The van der Waals surface area contributed by atoms with Gasteiger partial charge >= 0.3 is 0 Å². The van der Waals surface area contributed by atoms with E-state index in [9.17, 15) is 0 Å². The molecule has 5 heteroatoms. The molecule has 0 spiro atoms. The Kier molecular flexibility index (Phi) is 7.30. The fourth-order valence-electron chi connectivity index (χ4n) is 2.33. The smallest absolute Gasteiger partial charge is 0.191 e. The van der Waals surface area contributed by atoms with E-state index in [4.69, 9.17) is 4.74 Å². The second-order valence-electron chi connectivity index (χ2n) is 6.38. The van der Waals surface area contributed by atoms with Crippen LogP contribution in [0.2, 0.25) is 0 Å². The van der Waals surface area contributed by atoms with Crippen molar-refractivity contribution < 1.29 is 4.74 Å². The molecule has 0 aliphatic carbocycles. The fourth-order valence-corrected chi connectivity index (χ4v) is 2.33. The van der Waals surface area contributed by atoms with Crippen LogP contribution in [0.4, 0.5) is 0 Å². The zero-order valence-electron chi connectivity index (χ0n) is 13.8. The van der Waals surface area contributed by atoms with Gasteiger partial charge in [-0.3, -0.25) is 4.99 Å². The Morgan fingerprint density at radius 1 is 1.30 bits per heavy atom. The van der Waals surface area contributed by atoms with Crippen molar-refractivity contribution in [1.82, 2.24) is 15.5 Å². The summed E-state index contributed by atoms with van der Waals surface area (Å²) in [7, 11) is 3.54. The normalized spacial score (nSPS) is 19.1. The van der Waals surface area contributed by atoms with Gasteiger partial charge in [0.2, 0.25) is 0 Å². The Bertz CT molecular complexity index is 298. The van der Waals surface area contributed by atoms with Crippen LogP contribution in [0.5, 0.6) is 0 Å². The summed E-state index contributed by atoms with van der Waals surface area (Å²) in [5, 5.41) is 6.71. The molecule has 0 aromatic rings. The maximum atomic E-state index is 5.39. The SMILES string of the molecule is CN=C(NCC(C)CN1CCCC1)NCC(C)(C)OC. The van der Waals surface area contributed by atoms with E-state index >= 15 is 0 Å². The Morgan fingerprint density at radius 2 is 1.95 bits per heavy atom. The van der Waals surface area contributed by atoms with Gasteiger partial charge in [0.15, 0.2) is 5.96 Å². The highest BCUT2D eigenvalue weighted by atomic mass is 16.5. The number of guanidine groups is 1. The molecular formula is C15H32N4O. The molecule has 1 rings (SSSR count). The molecule has 1 saturated heterocycles. The molecule has 0 radical (unpaired) electrons. The first-order chi connectivity index (χ1) is 9.46. The third-order valence-electron chi connectivity index (χ3n) is 3.84. The Labute approximate surface area is 124 Å². The summed E-state index contributed by atoms with van der Waals surface area (Å²) in [5.41, 5.74) is -0.182.